The van der Waals surface area contributed by atoms with Gasteiger partial charge >= 0.3 is 6.16 Å². The lowest BCUT2D eigenvalue weighted by Crippen LogP contribution is -2.40. The summed E-state index contributed by atoms with van der Waals surface area (Å²) in [6.07, 6.45) is 5.81. The summed E-state index contributed by atoms with van der Waals surface area (Å²) in [7, 11) is 1.41. The van der Waals surface area contributed by atoms with Gasteiger partial charge in [-0.25, -0.2) is 9.10 Å². The van der Waals surface area contributed by atoms with E-state index in [9.17, 15) is 9.18 Å². The Morgan fingerprint density at radius 3 is 2.25 bits per heavy atom. The zero-order valence-electron chi connectivity index (χ0n) is 14.7. The van der Waals surface area contributed by atoms with Gasteiger partial charge in [0.25, 0.3) is 6.64 Å². The second-order valence-corrected chi connectivity index (χ2v) is 11.3. The second kappa shape index (κ2) is 8.78. The molecule has 9 heteroatoms. The molecule has 2 aliphatic rings. The van der Waals surface area contributed by atoms with Gasteiger partial charge in [-0.05, 0) is 37.5 Å². The summed E-state index contributed by atoms with van der Waals surface area (Å²) in [4.78, 5) is 11.1. The van der Waals surface area contributed by atoms with Crippen LogP contribution in [0.5, 0.6) is 0 Å². The average Bonchev–Trinajstić information content (AvgIpc) is 2.61. The third kappa shape index (κ3) is 4.71. The molecule has 1 amide bonds. The molecule has 0 atom stereocenters. The topological polar surface area (TPSA) is 42.0 Å². The summed E-state index contributed by atoms with van der Waals surface area (Å²) >= 11 is 6.79. The van der Waals surface area contributed by atoms with Crippen molar-refractivity contribution in [3.05, 3.63) is 0 Å². The Hall–Kier alpha value is 0.280. The predicted octanol–water partition coefficient (Wildman–Crippen LogP) is 5.28. The van der Waals surface area contributed by atoms with Crippen molar-refractivity contribution in [3.8, 4) is 0 Å². The normalized spacial score (nSPS) is 24.0. The first-order valence-electron chi connectivity index (χ1n) is 8.66. The van der Waals surface area contributed by atoms with E-state index in [-0.39, 0.29) is 11.5 Å². The fourth-order valence-corrected chi connectivity index (χ4v) is 7.48. The van der Waals surface area contributed by atoms with Crippen LogP contribution in [-0.4, -0.2) is 40.8 Å². The molecule has 24 heavy (non-hydrogen) atoms. The summed E-state index contributed by atoms with van der Waals surface area (Å²) in [5.74, 6) is 0. The van der Waals surface area contributed by atoms with Crippen molar-refractivity contribution >= 4 is 36.7 Å². The molecule has 0 unspecified atom stereocenters. The van der Waals surface area contributed by atoms with E-state index >= 15 is 0 Å². The molecule has 0 radical (unpaired) electrons. The lowest BCUT2D eigenvalue weighted by atomic mass is 9.84. The SMILES string of the molecule is CCC1(CC)COP(=S)(N(SN(C)C(=O)F)C2CCCCC2)OC1. The largest absolute Gasteiger partial charge is 0.410 e. The van der Waals surface area contributed by atoms with E-state index in [4.69, 9.17) is 20.9 Å². The Morgan fingerprint density at radius 2 is 1.79 bits per heavy atom. The minimum atomic E-state index is -2.72. The molecule has 0 aromatic rings. The van der Waals surface area contributed by atoms with Gasteiger partial charge in [0, 0.05) is 18.5 Å². The molecule has 2 rings (SSSR count). The van der Waals surface area contributed by atoms with Crippen LogP contribution in [0.15, 0.2) is 0 Å². The average molecular weight is 399 g/mol. The minimum Gasteiger partial charge on any atom is -0.317 e. The van der Waals surface area contributed by atoms with Gasteiger partial charge in [-0.15, -0.1) is 4.39 Å². The quantitative estimate of drug-likeness (QED) is 0.262. The molecule has 1 aliphatic carbocycles. The highest BCUT2D eigenvalue weighted by atomic mass is 32.5. The Kier molecular flexibility index (Phi) is 7.53. The molecule has 1 aliphatic heterocycles. The van der Waals surface area contributed by atoms with Gasteiger partial charge in [0.1, 0.15) is 0 Å². The fourth-order valence-electron chi connectivity index (χ4n) is 3.06. The molecule has 140 valence electrons. The first-order chi connectivity index (χ1) is 11.4. The Bertz CT molecular complexity index is 473. The zero-order chi connectivity index (χ0) is 17.8. The molecule has 1 heterocycles. The van der Waals surface area contributed by atoms with E-state index < -0.39 is 12.8 Å². The van der Waals surface area contributed by atoms with Crippen LogP contribution in [0.1, 0.15) is 58.8 Å². The first-order valence-corrected chi connectivity index (χ1v) is 12.0. The number of carbonyl (C=O) groups excluding carboxylic acids is 1. The lowest BCUT2D eigenvalue weighted by molar-refractivity contribution is 0.0162. The van der Waals surface area contributed by atoms with E-state index in [0.717, 1.165) is 55.0 Å². The van der Waals surface area contributed by atoms with E-state index in [1.807, 2.05) is 4.08 Å². The Labute approximate surface area is 154 Å². The standard InChI is InChI=1S/C15H28FN2O3PS2/c1-4-15(5-2)11-20-22(23,21-12-15)18(24-17(3)14(16)19)13-9-7-6-8-10-13/h13H,4-12H2,1-3H3. The summed E-state index contributed by atoms with van der Waals surface area (Å²) in [5.41, 5.74) is 0.00697. The van der Waals surface area contributed by atoms with Crippen molar-refractivity contribution in [3.63, 3.8) is 0 Å². The van der Waals surface area contributed by atoms with Gasteiger partial charge in [0.05, 0.1) is 25.3 Å². The van der Waals surface area contributed by atoms with Crippen molar-refractivity contribution in [2.45, 2.75) is 64.8 Å². The maximum Gasteiger partial charge on any atom is 0.410 e. The summed E-state index contributed by atoms with van der Waals surface area (Å²) in [6, 6.07) is 0.159. The molecule has 2 fully saturated rings. The van der Waals surface area contributed by atoms with Crippen molar-refractivity contribution in [1.29, 1.82) is 0 Å². The van der Waals surface area contributed by atoms with Gasteiger partial charge in [-0.3, -0.25) is 0 Å². The van der Waals surface area contributed by atoms with Gasteiger partial charge in [0.2, 0.25) is 0 Å². The van der Waals surface area contributed by atoms with Crippen LogP contribution >= 0.6 is 18.8 Å². The number of rotatable bonds is 6. The van der Waals surface area contributed by atoms with Crippen LogP contribution in [0.25, 0.3) is 0 Å². The van der Waals surface area contributed by atoms with E-state index in [1.165, 1.54) is 13.5 Å². The fraction of sp³-hybridized carbons (Fsp3) is 0.933. The summed E-state index contributed by atoms with van der Waals surface area (Å²) in [6.45, 7) is 2.67. The molecule has 0 bridgehead atoms. The molecular weight excluding hydrogens is 370 g/mol. The number of carbonyl (C=O) groups is 1. The van der Waals surface area contributed by atoms with Crippen LogP contribution in [0.2, 0.25) is 0 Å². The van der Waals surface area contributed by atoms with Gasteiger partial charge in [-0.1, -0.05) is 33.1 Å². The first kappa shape index (κ1) is 20.6. The second-order valence-electron chi connectivity index (χ2n) is 6.65. The minimum absolute atomic E-state index is 0.00697. The third-order valence-corrected chi connectivity index (χ3v) is 10.1. The molecule has 0 N–H and O–H groups in total. The van der Waals surface area contributed by atoms with Crippen molar-refractivity contribution in [1.82, 2.24) is 8.38 Å². The van der Waals surface area contributed by atoms with Gasteiger partial charge in [-0.2, -0.15) is 4.08 Å². The maximum absolute atomic E-state index is 13.1. The van der Waals surface area contributed by atoms with E-state index in [2.05, 4.69) is 13.8 Å². The molecular formula is C15H28FN2O3PS2. The van der Waals surface area contributed by atoms with Gasteiger partial charge in [0.15, 0.2) is 0 Å². The van der Waals surface area contributed by atoms with Crippen LogP contribution in [-0.2, 0) is 20.9 Å². The highest BCUT2D eigenvalue weighted by Crippen LogP contribution is 2.63. The van der Waals surface area contributed by atoms with Crippen LogP contribution in [0.3, 0.4) is 0 Å². The van der Waals surface area contributed by atoms with Crippen molar-refractivity contribution in [2.75, 3.05) is 20.3 Å². The Morgan fingerprint density at radius 1 is 1.25 bits per heavy atom. The number of amides is 1. The molecule has 0 aromatic heterocycles. The highest BCUT2D eigenvalue weighted by Gasteiger charge is 2.44. The maximum atomic E-state index is 13.1. The molecule has 0 aromatic carbocycles. The smallest absolute Gasteiger partial charge is 0.317 e. The van der Waals surface area contributed by atoms with Crippen LogP contribution in [0.4, 0.5) is 9.18 Å². The monoisotopic (exact) mass is 398 g/mol. The van der Waals surface area contributed by atoms with E-state index in [0.29, 0.717) is 13.2 Å². The summed E-state index contributed by atoms with van der Waals surface area (Å²) in [5, 5.41) is 0. The lowest BCUT2D eigenvalue weighted by Gasteiger charge is -2.46. The molecule has 0 spiro atoms. The third-order valence-electron chi connectivity index (χ3n) is 5.15. The Balaban J connectivity index is 2.16. The summed E-state index contributed by atoms with van der Waals surface area (Å²) < 4.78 is 28.2. The molecule has 5 nitrogen and oxygen atoms in total. The number of halogens is 1. The van der Waals surface area contributed by atoms with E-state index in [1.54, 1.807) is 0 Å². The zero-order valence-corrected chi connectivity index (χ0v) is 17.2. The predicted molar refractivity (Wildman–Crippen MR) is 99.8 cm³/mol. The molecule has 1 saturated heterocycles. The van der Waals surface area contributed by atoms with Crippen LogP contribution < -0.4 is 0 Å². The van der Waals surface area contributed by atoms with Crippen molar-refractivity contribution < 1.29 is 18.2 Å². The highest BCUT2D eigenvalue weighted by molar-refractivity contribution is 8.15. The number of hydrogen-bond acceptors (Lipinski definition) is 5. The van der Waals surface area contributed by atoms with Crippen molar-refractivity contribution in [2.24, 2.45) is 5.41 Å². The molecule has 1 saturated carbocycles. The van der Waals surface area contributed by atoms with Gasteiger partial charge < -0.3 is 9.05 Å². The number of nitrogens with zero attached hydrogens (tertiary/aromatic N) is 2. The van der Waals surface area contributed by atoms with Crippen LogP contribution in [0, 0.1) is 5.41 Å². The number of hydrogen-bond donors (Lipinski definition) is 0.